The van der Waals surface area contributed by atoms with Crippen molar-refractivity contribution in [3.05, 3.63) is 194 Å². The molecular weight excluding hydrogens is 707 g/mol. The van der Waals surface area contributed by atoms with E-state index in [9.17, 15) is 25.5 Å². The third-order valence-corrected chi connectivity index (χ3v) is 9.72. The van der Waals surface area contributed by atoms with Gasteiger partial charge in [-0.3, -0.25) is 0 Å². The monoisotopic (exact) mass is 753 g/mol. The van der Waals surface area contributed by atoms with Gasteiger partial charge in [0.25, 0.3) is 0 Å². The molecule has 0 unspecified atom stereocenters. The molecule has 0 radical (unpaired) electrons. The quantitative estimate of drug-likeness (QED) is 0.0391. The summed E-state index contributed by atoms with van der Waals surface area (Å²) in [6, 6.07) is 34.3. The van der Waals surface area contributed by atoms with Crippen LogP contribution in [0, 0.1) is 6.92 Å². The number of aromatic hydroxyl groups is 5. The molecule has 0 aliphatic rings. The van der Waals surface area contributed by atoms with Crippen LogP contribution in [0.5, 0.6) is 28.7 Å². The maximum absolute atomic E-state index is 10.4. The summed E-state index contributed by atoms with van der Waals surface area (Å²) < 4.78 is 0. The first kappa shape index (κ1) is 40.7. The third kappa shape index (κ3) is 8.16. The second-order valence-corrected chi connectivity index (χ2v) is 13.2. The van der Waals surface area contributed by atoms with Gasteiger partial charge >= 0.3 is 0 Å². The second-order valence-electron chi connectivity index (χ2n) is 13.2. The van der Waals surface area contributed by atoms with Gasteiger partial charge in [-0.15, -0.1) is 13.2 Å². The largest absolute Gasteiger partial charge is 0.504 e. The molecule has 0 heterocycles. The van der Waals surface area contributed by atoms with Crippen LogP contribution in [-0.2, 0) is 0 Å². The first-order valence-electron chi connectivity index (χ1n) is 18.3. The molecule has 0 amide bonds. The molecule has 6 aromatic rings. The SMILES string of the molecule is C=C.C=C\C=C/C(=C/C(=C\C)N(c1ccc(C)c(C=C)c1)c1ccc(-c2ccc(-c3ccc(-c4c(O)c(O)c(O)c(O)c4O)cc3)cc2)c2ccccc12)C(=C)C. The van der Waals surface area contributed by atoms with Crippen molar-refractivity contribution in [3.63, 3.8) is 0 Å². The summed E-state index contributed by atoms with van der Waals surface area (Å²) in [5.41, 5.74) is 11.2. The fourth-order valence-electron chi connectivity index (χ4n) is 6.70. The van der Waals surface area contributed by atoms with Gasteiger partial charge in [0.1, 0.15) is 0 Å². The summed E-state index contributed by atoms with van der Waals surface area (Å²) >= 11 is 0. The van der Waals surface area contributed by atoms with Crippen molar-refractivity contribution in [1.82, 2.24) is 0 Å². The van der Waals surface area contributed by atoms with Gasteiger partial charge in [-0.1, -0.05) is 141 Å². The predicted molar refractivity (Wildman–Crippen MR) is 239 cm³/mol. The number of allylic oxidation sites excluding steroid dienone is 7. The van der Waals surface area contributed by atoms with E-state index in [2.05, 4.69) is 124 Å². The van der Waals surface area contributed by atoms with Crippen molar-refractivity contribution in [3.8, 4) is 62.1 Å². The lowest BCUT2D eigenvalue weighted by molar-refractivity contribution is 0.330. The molecule has 286 valence electrons. The molecular formula is C51H47NO5. The Bertz CT molecular complexity index is 2540. The van der Waals surface area contributed by atoms with E-state index in [0.29, 0.717) is 5.56 Å². The number of phenols is 5. The average molecular weight is 754 g/mol. The fourth-order valence-corrected chi connectivity index (χ4v) is 6.70. The number of benzene rings is 6. The van der Waals surface area contributed by atoms with Crippen LogP contribution >= 0.6 is 0 Å². The number of hydrogen-bond acceptors (Lipinski definition) is 6. The Hall–Kier alpha value is -7.44. The van der Waals surface area contributed by atoms with Crippen molar-refractivity contribution >= 4 is 28.2 Å². The molecule has 0 saturated carbocycles. The Morgan fingerprint density at radius 1 is 0.649 bits per heavy atom. The van der Waals surface area contributed by atoms with Gasteiger partial charge in [0.15, 0.2) is 11.5 Å². The van der Waals surface area contributed by atoms with Crippen LogP contribution in [0.15, 0.2) is 183 Å². The summed E-state index contributed by atoms with van der Waals surface area (Å²) in [6.07, 6.45) is 11.8. The van der Waals surface area contributed by atoms with E-state index in [-0.39, 0.29) is 5.56 Å². The summed E-state index contributed by atoms with van der Waals surface area (Å²) in [5.74, 6) is -4.29. The molecule has 0 atom stereocenters. The molecule has 6 rings (SSSR count). The third-order valence-electron chi connectivity index (χ3n) is 9.72. The molecule has 0 saturated heterocycles. The molecule has 5 N–H and O–H groups in total. The van der Waals surface area contributed by atoms with E-state index in [0.717, 1.165) is 72.4 Å². The van der Waals surface area contributed by atoms with Gasteiger partial charge in [-0.25, -0.2) is 0 Å². The van der Waals surface area contributed by atoms with Gasteiger partial charge < -0.3 is 30.4 Å². The highest BCUT2D eigenvalue weighted by Crippen LogP contribution is 2.54. The van der Waals surface area contributed by atoms with Crippen LogP contribution in [0.3, 0.4) is 0 Å². The molecule has 6 heteroatoms. The van der Waals surface area contributed by atoms with Crippen LogP contribution < -0.4 is 4.90 Å². The Balaban J connectivity index is 0.00000305. The minimum Gasteiger partial charge on any atom is -0.504 e. The molecule has 0 fully saturated rings. The van der Waals surface area contributed by atoms with Crippen LogP contribution in [-0.4, -0.2) is 25.5 Å². The maximum atomic E-state index is 10.4. The van der Waals surface area contributed by atoms with Crippen LogP contribution in [0.25, 0.3) is 50.2 Å². The summed E-state index contributed by atoms with van der Waals surface area (Å²) in [6.45, 7) is 24.3. The van der Waals surface area contributed by atoms with Crippen molar-refractivity contribution in [2.45, 2.75) is 20.8 Å². The van der Waals surface area contributed by atoms with E-state index in [1.165, 1.54) is 0 Å². The van der Waals surface area contributed by atoms with Gasteiger partial charge in [-0.05, 0) is 94.9 Å². The lowest BCUT2D eigenvalue weighted by Crippen LogP contribution is -2.16. The molecule has 0 aliphatic heterocycles. The molecule has 57 heavy (non-hydrogen) atoms. The van der Waals surface area contributed by atoms with Crippen molar-refractivity contribution in [2.75, 3.05) is 4.90 Å². The molecule has 0 aromatic heterocycles. The van der Waals surface area contributed by atoms with Crippen LogP contribution in [0.2, 0.25) is 0 Å². The van der Waals surface area contributed by atoms with E-state index in [1.54, 1.807) is 18.2 Å². The fraction of sp³-hybridized carbons (Fsp3) is 0.0588. The zero-order valence-electron chi connectivity index (χ0n) is 32.5. The van der Waals surface area contributed by atoms with Gasteiger partial charge in [0.2, 0.25) is 17.2 Å². The van der Waals surface area contributed by atoms with Crippen molar-refractivity contribution in [1.29, 1.82) is 0 Å². The number of phenolic OH excluding ortho intramolecular Hbond substituents is 5. The Kier molecular flexibility index (Phi) is 12.7. The zero-order chi connectivity index (χ0) is 41.4. The standard InChI is InChI=1S/C49H43NO5.C2H4/c1-7-10-13-37(30(4)5)29-38(9-3)50(39-25-16-31(6)32(8-2)28-39)43-27-26-40(41-14-11-12-15-42(41)43)35-21-17-33(18-22-35)34-19-23-36(24-20-34)44-45(51)47(53)49(55)48(54)46(44)52;1-2/h7-29,51-55H,1-2,4H2,3,5-6H3;1-2H2/b13-10-,37-29-,38-9+;. The van der Waals surface area contributed by atoms with Crippen molar-refractivity contribution < 1.29 is 25.5 Å². The number of fused-ring (bicyclic) bond motifs is 1. The topological polar surface area (TPSA) is 104 Å². The van der Waals surface area contributed by atoms with Crippen LogP contribution in [0.4, 0.5) is 11.4 Å². The highest BCUT2D eigenvalue weighted by Gasteiger charge is 2.24. The van der Waals surface area contributed by atoms with E-state index in [1.807, 2.05) is 56.3 Å². The predicted octanol–water partition coefficient (Wildman–Crippen LogP) is 13.4. The van der Waals surface area contributed by atoms with Gasteiger partial charge in [0, 0.05) is 16.8 Å². The van der Waals surface area contributed by atoms with E-state index >= 15 is 0 Å². The highest BCUT2D eigenvalue weighted by molar-refractivity contribution is 6.05. The molecule has 6 nitrogen and oxygen atoms in total. The number of rotatable bonds is 11. The Morgan fingerprint density at radius 2 is 1.19 bits per heavy atom. The van der Waals surface area contributed by atoms with Gasteiger partial charge in [0.05, 0.1) is 11.3 Å². The number of anilines is 2. The van der Waals surface area contributed by atoms with Crippen LogP contribution in [0.1, 0.15) is 25.0 Å². The number of hydrogen-bond donors (Lipinski definition) is 5. The molecule has 0 aliphatic carbocycles. The zero-order valence-corrected chi connectivity index (χ0v) is 32.5. The first-order valence-corrected chi connectivity index (χ1v) is 18.3. The Morgan fingerprint density at radius 3 is 1.74 bits per heavy atom. The maximum Gasteiger partial charge on any atom is 0.208 e. The number of aryl methyl sites for hydroxylation is 1. The second kappa shape index (κ2) is 17.8. The van der Waals surface area contributed by atoms with Gasteiger partial charge in [-0.2, -0.15) is 0 Å². The highest BCUT2D eigenvalue weighted by atomic mass is 16.4. The minimum absolute atomic E-state index is 0.189. The normalized spacial score (nSPS) is 11.6. The average Bonchev–Trinajstić information content (AvgIpc) is 3.24. The summed E-state index contributed by atoms with van der Waals surface area (Å²) in [4.78, 5) is 2.27. The molecule has 0 spiro atoms. The number of nitrogens with zero attached hydrogens (tertiary/aromatic N) is 1. The first-order chi connectivity index (χ1) is 27.5. The lowest BCUT2D eigenvalue weighted by Gasteiger charge is -2.29. The van der Waals surface area contributed by atoms with E-state index < -0.39 is 28.7 Å². The summed E-state index contributed by atoms with van der Waals surface area (Å²) in [5, 5.41) is 52.8. The lowest BCUT2D eigenvalue weighted by atomic mass is 9.94. The summed E-state index contributed by atoms with van der Waals surface area (Å²) in [7, 11) is 0. The smallest absolute Gasteiger partial charge is 0.208 e. The minimum atomic E-state index is -0.993. The molecule has 6 aromatic carbocycles. The molecule has 0 bridgehead atoms. The van der Waals surface area contributed by atoms with Crippen molar-refractivity contribution in [2.24, 2.45) is 0 Å². The Labute approximate surface area is 334 Å². The van der Waals surface area contributed by atoms with E-state index in [4.69, 9.17) is 0 Å².